The molecule has 1 aliphatic rings. The molecule has 0 aromatic carbocycles. The maximum absolute atomic E-state index is 3.10. The third kappa shape index (κ3) is 0.455. The van der Waals surface area contributed by atoms with Gasteiger partial charge in [-0.05, 0) is 14.0 Å². The Bertz CT molecular complexity index is 77.9. The Labute approximate surface area is 38.1 Å². The fourth-order valence-corrected chi connectivity index (χ4v) is 0.292. The van der Waals surface area contributed by atoms with Crippen LogP contribution in [0.5, 0.6) is 0 Å². The molecule has 1 aliphatic carbocycles. The summed E-state index contributed by atoms with van der Waals surface area (Å²) in [7, 11) is 1.96. The highest BCUT2D eigenvalue weighted by molar-refractivity contribution is 5.30. The molecule has 0 amide bonds. The standard InChI is InChI=1S/C5H9N/c1-5(6-2)3-4-5/h3-4,6H,1-2H3. The van der Waals surface area contributed by atoms with Gasteiger partial charge in [0.1, 0.15) is 0 Å². The average Bonchev–Trinajstić information content (AvgIpc) is 2.22. The summed E-state index contributed by atoms with van der Waals surface area (Å²) in [6, 6.07) is 0. The van der Waals surface area contributed by atoms with E-state index in [0.717, 1.165) is 0 Å². The summed E-state index contributed by atoms with van der Waals surface area (Å²) in [5, 5.41) is 3.10. The maximum atomic E-state index is 3.10. The molecule has 0 atom stereocenters. The van der Waals surface area contributed by atoms with E-state index in [1.54, 1.807) is 0 Å². The van der Waals surface area contributed by atoms with E-state index in [0.29, 0.717) is 5.54 Å². The van der Waals surface area contributed by atoms with Crippen LogP contribution in [0.15, 0.2) is 12.2 Å². The van der Waals surface area contributed by atoms with Crippen molar-refractivity contribution in [1.29, 1.82) is 0 Å². The molecule has 34 valence electrons. The van der Waals surface area contributed by atoms with E-state index in [-0.39, 0.29) is 0 Å². The molecule has 0 spiro atoms. The highest BCUT2D eigenvalue weighted by Gasteiger charge is 2.23. The van der Waals surface area contributed by atoms with Crippen molar-refractivity contribution < 1.29 is 0 Å². The molecule has 0 saturated heterocycles. The van der Waals surface area contributed by atoms with Gasteiger partial charge in [0.2, 0.25) is 0 Å². The second-order valence-electron chi connectivity index (χ2n) is 1.87. The number of likely N-dealkylation sites (N-methyl/N-ethyl adjacent to an activating group) is 1. The number of nitrogens with one attached hydrogen (secondary N) is 1. The lowest BCUT2D eigenvalue weighted by atomic mass is 10.3. The van der Waals surface area contributed by atoms with E-state index >= 15 is 0 Å². The first-order valence-corrected chi connectivity index (χ1v) is 2.16. The Kier molecular flexibility index (Phi) is 0.549. The van der Waals surface area contributed by atoms with Crippen molar-refractivity contribution in [2.75, 3.05) is 7.05 Å². The highest BCUT2D eigenvalue weighted by Crippen LogP contribution is 2.19. The molecule has 0 aromatic rings. The largest absolute Gasteiger partial charge is 0.308 e. The van der Waals surface area contributed by atoms with Gasteiger partial charge >= 0.3 is 0 Å². The van der Waals surface area contributed by atoms with Gasteiger partial charge in [0, 0.05) is 0 Å². The monoisotopic (exact) mass is 83.1 g/mol. The molecule has 0 fully saturated rings. The minimum atomic E-state index is 0.292. The average molecular weight is 83.1 g/mol. The minimum Gasteiger partial charge on any atom is -0.308 e. The first kappa shape index (κ1) is 3.88. The Morgan fingerprint density at radius 3 is 2.00 bits per heavy atom. The summed E-state index contributed by atoms with van der Waals surface area (Å²) in [5.74, 6) is 0. The van der Waals surface area contributed by atoms with Crippen LogP contribution in [-0.2, 0) is 0 Å². The lowest BCUT2D eigenvalue weighted by Gasteiger charge is -2.02. The Morgan fingerprint density at radius 2 is 2.00 bits per heavy atom. The van der Waals surface area contributed by atoms with Gasteiger partial charge < -0.3 is 5.32 Å². The Hall–Kier alpha value is -0.300. The molecule has 0 unspecified atom stereocenters. The second-order valence-corrected chi connectivity index (χ2v) is 1.87. The van der Waals surface area contributed by atoms with Crippen LogP contribution in [0.3, 0.4) is 0 Å². The van der Waals surface area contributed by atoms with Crippen LogP contribution in [0.4, 0.5) is 0 Å². The van der Waals surface area contributed by atoms with Crippen molar-refractivity contribution >= 4 is 0 Å². The lowest BCUT2D eigenvalue weighted by molar-refractivity contribution is 0.661. The van der Waals surface area contributed by atoms with E-state index < -0.39 is 0 Å². The van der Waals surface area contributed by atoms with Crippen LogP contribution in [-0.4, -0.2) is 12.6 Å². The van der Waals surface area contributed by atoms with E-state index in [1.807, 2.05) is 7.05 Å². The number of rotatable bonds is 1. The van der Waals surface area contributed by atoms with Crippen LogP contribution in [0, 0.1) is 0 Å². The molecule has 6 heavy (non-hydrogen) atoms. The first-order chi connectivity index (χ1) is 2.77. The molecule has 1 N–H and O–H groups in total. The van der Waals surface area contributed by atoms with E-state index in [9.17, 15) is 0 Å². The molecule has 0 bridgehead atoms. The fourth-order valence-electron chi connectivity index (χ4n) is 0.292. The number of hydrogen-bond donors (Lipinski definition) is 1. The van der Waals surface area contributed by atoms with Crippen LogP contribution in [0.25, 0.3) is 0 Å². The smallest absolute Gasteiger partial charge is 0.0520 e. The molecule has 0 heterocycles. The summed E-state index contributed by atoms with van der Waals surface area (Å²) in [6.45, 7) is 2.13. The molecule has 0 saturated carbocycles. The lowest BCUT2D eigenvalue weighted by Crippen LogP contribution is -2.24. The van der Waals surface area contributed by atoms with Gasteiger partial charge in [-0.25, -0.2) is 0 Å². The van der Waals surface area contributed by atoms with E-state index in [1.165, 1.54) is 0 Å². The summed E-state index contributed by atoms with van der Waals surface area (Å²) in [5.41, 5.74) is 0.292. The molecular weight excluding hydrogens is 74.1 g/mol. The minimum absolute atomic E-state index is 0.292. The second kappa shape index (κ2) is 0.850. The quantitative estimate of drug-likeness (QED) is 0.456. The van der Waals surface area contributed by atoms with Crippen molar-refractivity contribution in [2.45, 2.75) is 12.5 Å². The molecule has 0 radical (unpaired) electrons. The van der Waals surface area contributed by atoms with Crippen molar-refractivity contribution in [2.24, 2.45) is 0 Å². The van der Waals surface area contributed by atoms with E-state index in [4.69, 9.17) is 0 Å². The van der Waals surface area contributed by atoms with Gasteiger partial charge in [-0.3, -0.25) is 0 Å². The van der Waals surface area contributed by atoms with Gasteiger partial charge in [0.15, 0.2) is 0 Å². The molecule has 0 aromatic heterocycles. The summed E-state index contributed by atoms with van der Waals surface area (Å²) in [6.07, 6.45) is 4.26. The third-order valence-electron chi connectivity index (χ3n) is 1.21. The Morgan fingerprint density at radius 1 is 1.50 bits per heavy atom. The van der Waals surface area contributed by atoms with Gasteiger partial charge in [0.05, 0.1) is 5.54 Å². The van der Waals surface area contributed by atoms with E-state index in [2.05, 4.69) is 24.4 Å². The van der Waals surface area contributed by atoms with Gasteiger partial charge in [-0.15, -0.1) is 0 Å². The maximum Gasteiger partial charge on any atom is 0.0520 e. The normalized spacial score (nSPS) is 24.3. The van der Waals surface area contributed by atoms with Gasteiger partial charge in [-0.2, -0.15) is 0 Å². The van der Waals surface area contributed by atoms with Crippen LogP contribution >= 0.6 is 0 Å². The van der Waals surface area contributed by atoms with Crippen LogP contribution in [0.1, 0.15) is 6.92 Å². The topological polar surface area (TPSA) is 12.0 Å². The zero-order valence-electron chi connectivity index (χ0n) is 4.15. The fraction of sp³-hybridized carbons (Fsp3) is 0.600. The SMILES string of the molecule is CNC1(C)C=C1. The highest BCUT2D eigenvalue weighted by atomic mass is 14.9. The Balaban J connectivity index is 2.32. The zero-order valence-corrected chi connectivity index (χ0v) is 4.15. The van der Waals surface area contributed by atoms with Crippen LogP contribution in [0.2, 0.25) is 0 Å². The summed E-state index contributed by atoms with van der Waals surface area (Å²) in [4.78, 5) is 0. The van der Waals surface area contributed by atoms with Crippen molar-refractivity contribution in [3.8, 4) is 0 Å². The molecule has 1 nitrogen and oxygen atoms in total. The summed E-state index contributed by atoms with van der Waals surface area (Å²) < 4.78 is 0. The predicted molar refractivity (Wildman–Crippen MR) is 26.6 cm³/mol. The molecular formula is C5H9N. The summed E-state index contributed by atoms with van der Waals surface area (Å²) >= 11 is 0. The molecule has 1 heteroatoms. The third-order valence-corrected chi connectivity index (χ3v) is 1.21. The van der Waals surface area contributed by atoms with Crippen molar-refractivity contribution in [1.82, 2.24) is 5.32 Å². The van der Waals surface area contributed by atoms with Crippen molar-refractivity contribution in [3.05, 3.63) is 12.2 Å². The first-order valence-electron chi connectivity index (χ1n) is 2.16. The molecule has 0 aliphatic heterocycles. The van der Waals surface area contributed by atoms with Gasteiger partial charge in [0.25, 0.3) is 0 Å². The van der Waals surface area contributed by atoms with Gasteiger partial charge in [-0.1, -0.05) is 12.2 Å². The zero-order chi connectivity index (χ0) is 4.62. The predicted octanol–water partition coefficient (Wildman–Crippen LogP) is 0.534. The van der Waals surface area contributed by atoms with Crippen LogP contribution < -0.4 is 5.32 Å². The van der Waals surface area contributed by atoms with Crippen molar-refractivity contribution in [3.63, 3.8) is 0 Å². The molecule has 1 rings (SSSR count). The number of hydrogen-bond acceptors (Lipinski definition) is 1.